The van der Waals surface area contributed by atoms with Gasteiger partial charge in [-0.25, -0.2) is 8.78 Å². The molecule has 0 aliphatic rings. The number of aromatic amines is 1. The molecule has 0 unspecified atom stereocenters. The summed E-state index contributed by atoms with van der Waals surface area (Å²) in [6.45, 7) is 1.96. The van der Waals surface area contributed by atoms with Crippen molar-refractivity contribution in [3.63, 3.8) is 0 Å². The van der Waals surface area contributed by atoms with E-state index >= 15 is 0 Å². The Kier molecular flexibility index (Phi) is 4.73. The Hall–Kier alpha value is -1.89. The average Bonchev–Trinajstić information content (AvgIpc) is 2.85. The number of nitrogens with zero attached hydrogens (tertiary/aromatic N) is 1. The molecule has 0 saturated carbocycles. The monoisotopic (exact) mass is 297 g/mol. The van der Waals surface area contributed by atoms with Gasteiger partial charge >= 0.3 is 0 Å². The quantitative estimate of drug-likeness (QED) is 0.834. The molecule has 0 aliphatic carbocycles. The highest BCUT2D eigenvalue weighted by Gasteiger charge is 2.09. The molecular weight excluding hydrogens is 284 g/mol. The van der Waals surface area contributed by atoms with Gasteiger partial charge in [-0.1, -0.05) is 6.92 Å². The van der Waals surface area contributed by atoms with Crippen molar-refractivity contribution in [2.45, 2.75) is 18.2 Å². The van der Waals surface area contributed by atoms with Crippen LogP contribution in [0.3, 0.4) is 0 Å². The lowest BCUT2D eigenvalue weighted by atomic mass is 10.3. The highest BCUT2D eigenvalue weighted by atomic mass is 32.2. The van der Waals surface area contributed by atoms with Gasteiger partial charge in [0.15, 0.2) is 5.82 Å². The molecule has 2 N–H and O–H groups in total. The van der Waals surface area contributed by atoms with Gasteiger partial charge < -0.3 is 5.32 Å². The Morgan fingerprint density at radius 2 is 2.20 bits per heavy atom. The molecule has 7 heteroatoms. The summed E-state index contributed by atoms with van der Waals surface area (Å²) >= 11 is 1.00. The lowest BCUT2D eigenvalue weighted by molar-refractivity contribution is -0.113. The number of aryl methyl sites for hydroxylation is 1. The number of carbonyl (C=O) groups excluding carboxylic acids is 1. The van der Waals surface area contributed by atoms with E-state index in [2.05, 4.69) is 15.5 Å². The fraction of sp³-hybridized carbons (Fsp3) is 0.231. The first kappa shape index (κ1) is 14.5. The Labute approximate surface area is 119 Å². The van der Waals surface area contributed by atoms with E-state index in [-0.39, 0.29) is 16.6 Å². The van der Waals surface area contributed by atoms with E-state index < -0.39 is 11.6 Å². The number of carbonyl (C=O) groups is 1. The van der Waals surface area contributed by atoms with E-state index in [1.807, 2.05) is 6.92 Å². The summed E-state index contributed by atoms with van der Waals surface area (Å²) < 4.78 is 26.1. The van der Waals surface area contributed by atoms with Gasteiger partial charge in [0, 0.05) is 22.7 Å². The zero-order valence-corrected chi connectivity index (χ0v) is 11.6. The van der Waals surface area contributed by atoms with Crippen molar-refractivity contribution in [2.75, 3.05) is 11.1 Å². The van der Waals surface area contributed by atoms with Crippen molar-refractivity contribution in [2.24, 2.45) is 0 Å². The van der Waals surface area contributed by atoms with Crippen LogP contribution in [0.15, 0.2) is 29.2 Å². The summed E-state index contributed by atoms with van der Waals surface area (Å²) in [6.07, 6.45) is 0.790. The van der Waals surface area contributed by atoms with E-state index in [0.29, 0.717) is 5.82 Å². The minimum absolute atomic E-state index is 0.0247. The van der Waals surface area contributed by atoms with Crippen molar-refractivity contribution < 1.29 is 13.6 Å². The van der Waals surface area contributed by atoms with E-state index in [1.54, 1.807) is 6.07 Å². The molecule has 0 radical (unpaired) electrons. The first-order valence-corrected chi connectivity index (χ1v) is 6.99. The van der Waals surface area contributed by atoms with Crippen LogP contribution in [0, 0.1) is 11.6 Å². The topological polar surface area (TPSA) is 57.8 Å². The molecule has 0 spiro atoms. The molecular formula is C13H13F2N3OS. The largest absolute Gasteiger partial charge is 0.308 e. The van der Waals surface area contributed by atoms with Crippen LogP contribution in [0.5, 0.6) is 0 Å². The molecule has 0 aliphatic heterocycles. The first-order valence-electron chi connectivity index (χ1n) is 6.00. The predicted molar refractivity (Wildman–Crippen MR) is 73.7 cm³/mol. The Bertz CT molecular complexity index is 615. The molecule has 0 bridgehead atoms. The highest BCUT2D eigenvalue weighted by molar-refractivity contribution is 8.00. The molecule has 2 rings (SSSR count). The van der Waals surface area contributed by atoms with Crippen molar-refractivity contribution in [1.29, 1.82) is 0 Å². The molecule has 0 fully saturated rings. The molecule has 1 aromatic carbocycles. The normalized spacial score (nSPS) is 10.6. The summed E-state index contributed by atoms with van der Waals surface area (Å²) in [7, 11) is 0. The fourth-order valence-corrected chi connectivity index (χ4v) is 2.24. The third kappa shape index (κ3) is 3.80. The molecule has 1 amide bonds. The maximum atomic E-state index is 13.4. The Balaban J connectivity index is 1.88. The summed E-state index contributed by atoms with van der Waals surface area (Å²) in [6, 6.07) is 5.00. The predicted octanol–water partition coefficient (Wildman–Crippen LogP) is 2.98. The van der Waals surface area contributed by atoms with Crippen LogP contribution in [0.25, 0.3) is 0 Å². The molecule has 2 aromatic rings. The second kappa shape index (κ2) is 6.51. The summed E-state index contributed by atoms with van der Waals surface area (Å²) in [5.74, 6) is -1.15. The number of thioether (sulfide) groups is 1. The smallest absolute Gasteiger partial charge is 0.235 e. The standard InChI is InChI=1S/C13H13F2N3OS/c1-2-9-6-12(18-17-9)16-13(19)7-20-11-4-3-8(14)5-10(11)15/h3-6H,2,7H2,1H3,(H2,16,17,18,19). The van der Waals surface area contributed by atoms with Gasteiger partial charge in [-0.05, 0) is 18.6 Å². The van der Waals surface area contributed by atoms with Crippen LogP contribution >= 0.6 is 11.8 Å². The molecule has 0 atom stereocenters. The van der Waals surface area contributed by atoms with Gasteiger partial charge in [0.25, 0.3) is 0 Å². The number of anilines is 1. The van der Waals surface area contributed by atoms with Crippen LogP contribution < -0.4 is 5.32 Å². The van der Waals surface area contributed by atoms with Crippen molar-refractivity contribution in [3.8, 4) is 0 Å². The van der Waals surface area contributed by atoms with Crippen molar-refractivity contribution in [1.82, 2.24) is 10.2 Å². The molecule has 0 saturated heterocycles. The highest BCUT2D eigenvalue weighted by Crippen LogP contribution is 2.22. The lowest BCUT2D eigenvalue weighted by Gasteiger charge is -2.03. The van der Waals surface area contributed by atoms with E-state index in [1.165, 1.54) is 6.07 Å². The van der Waals surface area contributed by atoms with Gasteiger partial charge in [0.1, 0.15) is 11.6 Å². The van der Waals surface area contributed by atoms with Gasteiger partial charge in [0.2, 0.25) is 5.91 Å². The number of hydrogen-bond donors (Lipinski definition) is 2. The van der Waals surface area contributed by atoms with E-state index in [4.69, 9.17) is 0 Å². The first-order chi connectivity index (χ1) is 9.58. The minimum atomic E-state index is -0.671. The maximum Gasteiger partial charge on any atom is 0.235 e. The maximum absolute atomic E-state index is 13.4. The van der Waals surface area contributed by atoms with E-state index in [9.17, 15) is 13.6 Å². The minimum Gasteiger partial charge on any atom is -0.308 e. The average molecular weight is 297 g/mol. The zero-order valence-electron chi connectivity index (χ0n) is 10.7. The zero-order chi connectivity index (χ0) is 14.5. The number of benzene rings is 1. The second-order valence-corrected chi connectivity index (χ2v) is 5.06. The molecule has 4 nitrogen and oxygen atoms in total. The van der Waals surface area contributed by atoms with Crippen LogP contribution in [-0.2, 0) is 11.2 Å². The van der Waals surface area contributed by atoms with Crippen LogP contribution in [0.2, 0.25) is 0 Å². The number of halogens is 2. The van der Waals surface area contributed by atoms with Gasteiger partial charge in [0.05, 0.1) is 5.75 Å². The van der Waals surface area contributed by atoms with Crippen LogP contribution in [0.1, 0.15) is 12.6 Å². The van der Waals surface area contributed by atoms with Crippen molar-refractivity contribution in [3.05, 3.63) is 41.6 Å². The summed E-state index contributed by atoms with van der Waals surface area (Å²) in [5.41, 5.74) is 0.914. The molecule has 106 valence electrons. The van der Waals surface area contributed by atoms with E-state index in [0.717, 1.165) is 36.0 Å². The van der Waals surface area contributed by atoms with Crippen LogP contribution in [-0.4, -0.2) is 21.9 Å². The molecule has 1 aromatic heterocycles. The number of nitrogens with one attached hydrogen (secondary N) is 2. The summed E-state index contributed by atoms with van der Waals surface area (Å²) in [4.78, 5) is 11.9. The number of H-pyrrole nitrogens is 1. The van der Waals surface area contributed by atoms with Crippen LogP contribution in [0.4, 0.5) is 14.6 Å². The lowest BCUT2D eigenvalue weighted by Crippen LogP contribution is -2.14. The third-order valence-corrected chi connectivity index (χ3v) is 3.58. The number of hydrogen-bond acceptors (Lipinski definition) is 3. The van der Waals surface area contributed by atoms with Gasteiger partial charge in [-0.15, -0.1) is 11.8 Å². The number of rotatable bonds is 5. The Morgan fingerprint density at radius 1 is 1.40 bits per heavy atom. The summed E-state index contributed by atoms with van der Waals surface area (Å²) in [5, 5.41) is 9.30. The third-order valence-electron chi connectivity index (χ3n) is 2.53. The van der Waals surface area contributed by atoms with Gasteiger partial charge in [-0.3, -0.25) is 9.89 Å². The number of amides is 1. The SMILES string of the molecule is CCc1cc(NC(=O)CSc2ccc(F)cc2F)n[nH]1. The molecule has 20 heavy (non-hydrogen) atoms. The fourth-order valence-electron chi connectivity index (χ4n) is 1.52. The Morgan fingerprint density at radius 3 is 2.85 bits per heavy atom. The molecule has 1 heterocycles. The second-order valence-electron chi connectivity index (χ2n) is 4.04. The van der Waals surface area contributed by atoms with Crippen molar-refractivity contribution >= 4 is 23.5 Å². The number of aromatic nitrogens is 2. The van der Waals surface area contributed by atoms with Gasteiger partial charge in [-0.2, -0.15) is 5.10 Å².